The third kappa shape index (κ3) is 4.04. The summed E-state index contributed by atoms with van der Waals surface area (Å²) >= 11 is 6.15. The van der Waals surface area contributed by atoms with Crippen molar-refractivity contribution in [2.75, 3.05) is 6.26 Å². The molecular weight excluding hydrogens is 442 g/mol. The number of fused-ring (bicyclic) bond motifs is 1. The van der Waals surface area contributed by atoms with Crippen LogP contribution in [0.5, 0.6) is 0 Å². The third-order valence-electron chi connectivity index (χ3n) is 6.03. The molecule has 6 heteroatoms. The van der Waals surface area contributed by atoms with Gasteiger partial charge in [0, 0.05) is 22.9 Å². The molecule has 0 amide bonds. The first-order chi connectivity index (χ1) is 15.1. The Labute approximate surface area is 193 Å². The van der Waals surface area contributed by atoms with Crippen LogP contribution in [-0.2, 0) is 21.2 Å². The highest BCUT2D eigenvalue weighted by atomic mass is 35.5. The molecule has 0 spiro atoms. The van der Waals surface area contributed by atoms with Crippen LogP contribution in [0.4, 0.5) is 0 Å². The van der Waals surface area contributed by atoms with Crippen LogP contribution in [0.1, 0.15) is 25.0 Å². The molecule has 4 nitrogen and oxygen atoms in total. The van der Waals surface area contributed by atoms with Gasteiger partial charge in [-0.3, -0.25) is 4.98 Å². The predicted octanol–water partition coefficient (Wildman–Crippen LogP) is 5.99. The van der Waals surface area contributed by atoms with Crippen molar-refractivity contribution in [3.8, 4) is 22.3 Å². The van der Waals surface area contributed by atoms with Crippen molar-refractivity contribution in [3.05, 3.63) is 89.1 Å². The first kappa shape index (κ1) is 22.5. The van der Waals surface area contributed by atoms with E-state index in [1.807, 2.05) is 54.6 Å². The highest BCUT2D eigenvalue weighted by molar-refractivity contribution is 7.91. The second-order valence-electron chi connectivity index (χ2n) is 8.43. The summed E-state index contributed by atoms with van der Waals surface area (Å²) in [4.78, 5) is 4.49. The van der Waals surface area contributed by atoms with Crippen molar-refractivity contribution in [2.45, 2.75) is 25.2 Å². The molecule has 0 aliphatic carbocycles. The van der Waals surface area contributed by atoms with E-state index in [0.29, 0.717) is 21.7 Å². The molecule has 0 saturated carbocycles. The average Bonchev–Trinajstić information content (AvgIpc) is 2.78. The number of sulfone groups is 1. The van der Waals surface area contributed by atoms with Gasteiger partial charge in [-0.15, -0.1) is 0 Å². The second kappa shape index (κ2) is 8.32. The molecule has 0 aliphatic rings. The minimum absolute atomic E-state index is 0.131. The average molecular weight is 466 g/mol. The van der Waals surface area contributed by atoms with Gasteiger partial charge in [0.25, 0.3) is 0 Å². The Morgan fingerprint density at radius 2 is 1.59 bits per heavy atom. The summed E-state index contributed by atoms with van der Waals surface area (Å²) in [5.41, 5.74) is 5.82. The van der Waals surface area contributed by atoms with Gasteiger partial charge in [-0.1, -0.05) is 41.9 Å². The molecule has 0 bridgehead atoms. The van der Waals surface area contributed by atoms with Crippen molar-refractivity contribution < 1.29 is 13.5 Å². The Bertz CT molecular complexity index is 1430. The van der Waals surface area contributed by atoms with E-state index in [1.54, 1.807) is 26.1 Å². The number of nitrogens with zero attached hydrogens (tertiary/aromatic N) is 1. The third-order valence-corrected chi connectivity index (χ3v) is 8.47. The first-order valence-electron chi connectivity index (χ1n) is 10.2. The smallest absolute Gasteiger partial charge is 0.156 e. The summed E-state index contributed by atoms with van der Waals surface area (Å²) in [5, 5.41) is 11.0. The van der Waals surface area contributed by atoms with Crippen LogP contribution in [0, 0.1) is 0 Å². The highest BCUT2D eigenvalue weighted by Gasteiger charge is 2.34. The minimum Gasteiger partial charge on any atom is -0.392 e. The Hall–Kier alpha value is -2.73. The largest absolute Gasteiger partial charge is 0.392 e. The van der Waals surface area contributed by atoms with Gasteiger partial charge < -0.3 is 5.11 Å². The molecule has 0 saturated heterocycles. The molecule has 0 atom stereocenters. The number of aliphatic hydroxyl groups excluding tert-OH is 1. The zero-order valence-electron chi connectivity index (χ0n) is 18.1. The topological polar surface area (TPSA) is 67.3 Å². The van der Waals surface area contributed by atoms with E-state index in [1.165, 1.54) is 6.26 Å². The highest BCUT2D eigenvalue weighted by Crippen LogP contribution is 2.38. The summed E-state index contributed by atoms with van der Waals surface area (Å²) in [6, 6.07) is 21.4. The summed E-state index contributed by atoms with van der Waals surface area (Å²) in [5.74, 6) is 0. The van der Waals surface area contributed by atoms with E-state index < -0.39 is 14.6 Å². The van der Waals surface area contributed by atoms with Crippen LogP contribution in [-0.4, -0.2) is 24.8 Å². The Balaban J connectivity index is 1.91. The lowest BCUT2D eigenvalue weighted by atomic mass is 9.92. The lowest BCUT2D eigenvalue weighted by Gasteiger charge is -2.25. The van der Waals surface area contributed by atoms with Gasteiger partial charge in [-0.25, -0.2) is 8.42 Å². The van der Waals surface area contributed by atoms with E-state index in [4.69, 9.17) is 11.6 Å². The van der Waals surface area contributed by atoms with E-state index in [0.717, 1.165) is 27.6 Å². The van der Waals surface area contributed by atoms with Gasteiger partial charge in [0.2, 0.25) is 0 Å². The molecule has 1 heterocycles. The summed E-state index contributed by atoms with van der Waals surface area (Å²) in [6.07, 6.45) is 2.94. The quantitative estimate of drug-likeness (QED) is 0.393. The number of aromatic nitrogens is 1. The molecule has 1 aromatic heterocycles. The lowest BCUT2D eigenvalue weighted by molar-refractivity contribution is 0.282. The molecule has 1 N–H and O–H groups in total. The summed E-state index contributed by atoms with van der Waals surface area (Å²) in [6.45, 7) is 3.31. The molecular formula is C26H24ClNO3S. The number of pyridine rings is 1. The van der Waals surface area contributed by atoms with Crippen LogP contribution in [0.15, 0.2) is 72.9 Å². The zero-order valence-corrected chi connectivity index (χ0v) is 19.7. The van der Waals surface area contributed by atoms with Gasteiger partial charge in [0.05, 0.1) is 16.9 Å². The molecule has 4 aromatic rings. The maximum atomic E-state index is 12.6. The lowest BCUT2D eigenvalue weighted by Crippen LogP contribution is -2.28. The van der Waals surface area contributed by atoms with E-state index in [2.05, 4.69) is 11.1 Å². The fraction of sp³-hybridized carbons (Fsp3) is 0.192. The van der Waals surface area contributed by atoms with Crippen LogP contribution in [0.3, 0.4) is 0 Å². The fourth-order valence-corrected chi connectivity index (χ4v) is 4.50. The van der Waals surface area contributed by atoms with Crippen LogP contribution in [0.25, 0.3) is 33.2 Å². The Morgan fingerprint density at radius 1 is 0.906 bits per heavy atom. The SMILES string of the molecule is CC(C)(c1cc(-c2cccc(-c3ccc(Cl)c(CO)c3)c2)cc2cccnc12)S(C)(=O)=O. The summed E-state index contributed by atoms with van der Waals surface area (Å²) < 4.78 is 24.1. The number of hydrogen-bond acceptors (Lipinski definition) is 4. The van der Waals surface area contributed by atoms with Gasteiger partial charge in [-0.05, 0) is 83.6 Å². The summed E-state index contributed by atoms with van der Waals surface area (Å²) in [7, 11) is -3.38. The number of rotatable bonds is 5. The van der Waals surface area contributed by atoms with E-state index >= 15 is 0 Å². The molecule has 32 heavy (non-hydrogen) atoms. The molecule has 0 aliphatic heterocycles. The van der Waals surface area contributed by atoms with Crippen molar-refractivity contribution in [3.63, 3.8) is 0 Å². The van der Waals surface area contributed by atoms with Crippen LogP contribution >= 0.6 is 11.6 Å². The predicted molar refractivity (Wildman–Crippen MR) is 131 cm³/mol. The van der Waals surface area contributed by atoms with Crippen molar-refractivity contribution in [1.29, 1.82) is 0 Å². The second-order valence-corrected chi connectivity index (χ2v) is 11.4. The van der Waals surface area contributed by atoms with E-state index in [-0.39, 0.29) is 6.61 Å². The number of aliphatic hydroxyl groups is 1. The minimum atomic E-state index is -3.38. The van der Waals surface area contributed by atoms with Crippen LogP contribution < -0.4 is 0 Å². The molecule has 0 unspecified atom stereocenters. The fourth-order valence-electron chi connectivity index (χ4n) is 3.77. The van der Waals surface area contributed by atoms with Gasteiger partial charge in [0.1, 0.15) is 0 Å². The normalized spacial score (nSPS) is 12.3. The maximum Gasteiger partial charge on any atom is 0.156 e. The van der Waals surface area contributed by atoms with Gasteiger partial charge in [0.15, 0.2) is 9.84 Å². The molecule has 0 fully saturated rings. The van der Waals surface area contributed by atoms with Gasteiger partial charge >= 0.3 is 0 Å². The van der Waals surface area contributed by atoms with Crippen molar-refractivity contribution in [1.82, 2.24) is 4.98 Å². The monoisotopic (exact) mass is 465 g/mol. The molecule has 4 rings (SSSR count). The zero-order chi connectivity index (χ0) is 23.1. The van der Waals surface area contributed by atoms with E-state index in [9.17, 15) is 13.5 Å². The number of hydrogen-bond donors (Lipinski definition) is 1. The Morgan fingerprint density at radius 3 is 2.28 bits per heavy atom. The van der Waals surface area contributed by atoms with Crippen LogP contribution in [0.2, 0.25) is 5.02 Å². The van der Waals surface area contributed by atoms with Gasteiger partial charge in [-0.2, -0.15) is 0 Å². The van der Waals surface area contributed by atoms with Crippen molar-refractivity contribution in [2.24, 2.45) is 0 Å². The maximum absolute atomic E-state index is 12.6. The standard InChI is InChI=1S/C26H24ClNO3S/c1-26(2,32(3,30)31)23-15-21(14-20-8-5-11-28-25(20)23)18-7-4-6-17(12-18)19-9-10-24(27)22(13-19)16-29/h4-15,29H,16H2,1-3H3. The molecule has 0 radical (unpaired) electrons. The molecule has 3 aromatic carbocycles. The first-order valence-corrected chi connectivity index (χ1v) is 12.5. The number of benzene rings is 3. The van der Waals surface area contributed by atoms with Crippen molar-refractivity contribution >= 4 is 32.3 Å². The Kier molecular flexibility index (Phi) is 5.84. The number of halogens is 1. The molecule has 164 valence electrons.